The summed E-state index contributed by atoms with van der Waals surface area (Å²) in [5.41, 5.74) is 1.27. The number of aromatic amines is 1. The third-order valence-electron chi connectivity index (χ3n) is 5.13. The molecule has 0 spiro atoms. The molecule has 0 radical (unpaired) electrons. The van der Waals surface area contributed by atoms with E-state index in [0.29, 0.717) is 27.8 Å². The Morgan fingerprint density at radius 3 is 2.70 bits per heavy atom. The molecule has 2 aliphatic rings. The summed E-state index contributed by atoms with van der Waals surface area (Å²) in [7, 11) is -2.19. The molecule has 0 amide bonds. The summed E-state index contributed by atoms with van der Waals surface area (Å²) in [6.45, 7) is 0. The summed E-state index contributed by atoms with van der Waals surface area (Å²) in [5.74, 6) is 1.05. The van der Waals surface area contributed by atoms with E-state index in [9.17, 15) is 13.5 Å². The van der Waals surface area contributed by atoms with E-state index < -0.39 is 16.2 Å². The molecule has 1 aromatic heterocycles. The molecule has 3 heterocycles. The van der Waals surface area contributed by atoms with Crippen LogP contribution in [0, 0.1) is 0 Å². The van der Waals surface area contributed by atoms with E-state index in [1.54, 1.807) is 60.9 Å². The largest absolute Gasteiger partial charge is 0.507 e. The number of imidazole rings is 1. The number of fused-ring (bicyclic) bond motifs is 2. The predicted molar refractivity (Wildman–Crippen MR) is 111 cm³/mol. The van der Waals surface area contributed by atoms with E-state index in [1.165, 1.54) is 17.5 Å². The van der Waals surface area contributed by atoms with Crippen LogP contribution in [-0.4, -0.2) is 41.1 Å². The SMILES string of the molecule is COc1ccc(-c2nc3c([nH]2)=C2C=CN(S(=O)(=O)c4ccccc4)C2NC=3)c(O)c1. The average Bonchev–Trinajstić information content (AvgIpc) is 3.38. The Morgan fingerprint density at radius 1 is 1.17 bits per heavy atom. The van der Waals surface area contributed by atoms with Gasteiger partial charge in [0.2, 0.25) is 0 Å². The van der Waals surface area contributed by atoms with Crippen molar-refractivity contribution < 1.29 is 18.3 Å². The maximum atomic E-state index is 13.1. The number of aromatic hydroxyl groups is 1. The fraction of sp³-hybridized carbons (Fsp3) is 0.0952. The number of rotatable bonds is 4. The molecule has 0 fully saturated rings. The van der Waals surface area contributed by atoms with Gasteiger partial charge in [-0.1, -0.05) is 18.2 Å². The first-order chi connectivity index (χ1) is 14.5. The normalized spacial score (nSPS) is 17.2. The molecular formula is C21H18N4O4S. The lowest BCUT2D eigenvalue weighted by Crippen LogP contribution is -2.48. The average molecular weight is 422 g/mol. The van der Waals surface area contributed by atoms with Crippen molar-refractivity contribution >= 4 is 21.8 Å². The van der Waals surface area contributed by atoms with E-state index in [1.807, 2.05) is 0 Å². The van der Waals surface area contributed by atoms with Gasteiger partial charge < -0.3 is 20.1 Å². The Kier molecular flexibility index (Phi) is 4.07. The topological polar surface area (TPSA) is 108 Å². The van der Waals surface area contributed by atoms with Gasteiger partial charge in [0.15, 0.2) is 0 Å². The molecule has 0 aliphatic carbocycles. The zero-order valence-electron chi connectivity index (χ0n) is 15.9. The highest BCUT2D eigenvalue weighted by Gasteiger charge is 2.35. The van der Waals surface area contributed by atoms with Crippen molar-refractivity contribution in [1.82, 2.24) is 19.6 Å². The minimum atomic E-state index is -3.72. The predicted octanol–water partition coefficient (Wildman–Crippen LogP) is 0.827. The van der Waals surface area contributed by atoms with Crippen molar-refractivity contribution in [3.8, 4) is 22.9 Å². The third kappa shape index (κ3) is 2.74. The molecule has 1 unspecified atom stereocenters. The van der Waals surface area contributed by atoms with Gasteiger partial charge in [0.25, 0.3) is 10.0 Å². The summed E-state index contributed by atoms with van der Waals surface area (Å²) in [6.07, 6.45) is 4.38. The number of nitrogens with one attached hydrogen (secondary N) is 2. The molecule has 9 heteroatoms. The molecule has 0 saturated carbocycles. The van der Waals surface area contributed by atoms with Crippen molar-refractivity contribution in [3.05, 3.63) is 71.5 Å². The van der Waals surface area contributed by atoms with Crippen LogP contribution in [0.3, 0.4) is 0 Å². The second-order valence-corrected chi connectivity index (χ2v) is 8.70. The standard InChI is InChI=1S/C21H18N4O4S/c1-29-13-7-8-15(18(26)11-13)20-23-17-12-22-21-16(19(17)24-20)9-10-25(21)30(27,28)14-5-3-2-4-6-14/h2-12,21-22,26H,1H3,(H,23,24). The summed E-state index contributed by atoms with van der Waals surface area (Å²) < 4.78 is 32.6. The Hall–Kier alpha value is -3.72. The maximum Gasteiger partial charge on any atom is 0.265 e. The minimum absolute atomic E-state index is 0.0326. The molecule has 2 aliphatic heterocycles. The molecule has 3 N–H and O–H groups in total. The summed E-state index contributed by atoms with van der Waals surface area (Å²) in [6, 6.07) is 13.3. The van der Waals surface area contributed by atoms with Crippen molar-refractivity contribution in [2.75, 3.05) is 7.11 Å². The number of sulfonamides is 1. The zero-order chi connectivity index (χ0) is 20.9. The highest BCUT2D eigenvalue weighted by atomic mass is 32.2. The molecule has 3 aromatic rings. The number of methoxy groups -OCH3 is 1. The van der Waals surface area contributed by atoms with Crippen LogP contribution in [-0.2, 0) is 10.0 Å². The smallest absolute Gasteiger partial charge is 0.265 e. The lowest BCUT2D eigenvalue weighted by molar-refractivity contribution is 0.408. The van der Waals surface area contributed by atoms with Crippen LogP contribution < -0.4 is 20.8 Å². The lowest BCUT2D eigenvalue weighted by Gasteiger charge is -2.27. The molecular weight excluding hydrogens is 404 g/mol. The minimum Gasteiger partial charge on any atom is -0.507 e. The second-order valence-electron chi connectivity index (χ2n) is 6.86. The number of H-pyrrole nitrogens is 1. The van der Waals surface area contributed by atoms with Gasteiger partial charge in [-0.25, -0.2) is 17.7 Å². The molecule has 0 bridgehead atoms. The van der Waals surface area contributed by atoms with Crippen LogP contribution in [0.25, 0.3) is 23.2 Å². The summed E-state index contributed by atoms with van der Waals surface area (Å²) in [5, 5.41) is 14.8. The number of hydrogen-bond acceptors (Lipinski definition) is 6. The van der Waals surface area contributed by atoms with Gasteiger partial charge in [-0.15, -0.1) is 0 Å². The zero-order valence-corrected chi connectivity index (χ0v) is 16.7. The number of aromatic nitrogens is 2. The van der Waals surface area contributed by atoms with Crippen molar-refractivity contribution in [3.63, 3.8) is 0 Å². The number of benzene rings is 2. The number of phenols is 1. The van der Waals surface area contributed by atoms with Crippen LogP contribution in [0.2, 0.25) is 0 Å². The molecule has 152 valence electrons. The molecule has 5 rings (SSSR count). The van der Waals surface area contributed by atoms with E-state index in [0.717, 1.165) is 5.57 Å². The van der Waals surface area contributed by atoms with Crippen LogP contribution in [0.5, 0.6) is 11.5 Å². The number of hydrogen-bond donors (Lipinski definition) is 3. The Balaban J connectivity index is 1.57. The fourth-order valence-electron chi connectivity index (χ4n) is 3.62. The van der Waals surface area contributed by atoms with Crippen molar-refractivity contribution in [1.29, 1.82) is 0 Å². The first-order valence-electron chi connectivity index (χ1n) is 9.20. The number of nitrogens with zero attached hydrogens (tertiary/aromatic N) is 2. The Bertz CT molecular complexity index is 1390. The monoisotopic (exact) mass is 422 g/mol. The number of ether oxygens (including phenoxy) is 1. The van der Waals surface area contributed by atoms with Gasteiger partial charge >= 0.3 is 0 Å². The van der Waals surface area contributed by atoms with Crippen molar-refractivity contribution in [2.45, 2.75) is 11.1 Å². The molecule has 2 aromatic carbocycles. The Morgan fingerprint density at radius 2 is 1.97 bits per heavy atom. The second kappa shape index (κ2) is 6.67. The van der Waals surface area contributed by atoms with E-state index in [4.69, 9.17) is 4.74 Å². The summed E-state index contributed by atoms with van der Waals surface area (Å²) in [4.78, 5) is 7.98. The van der Waals surface area contributed by atoms with Gasteiger partial charge in [-0.2, -0.15) is 0 Å². The van der Waals surface area contributed by atoms with Crippen LogP contribution in [0.4, 0.5) is 0 Å². The van der Waals surface area contributed by atoms with Gasteiger partial charge in [-0.05, 0) is 30.3 Å². The van der Waals surface area contributed by atoms with Gasteiger partial charge in [0.05, 0.1) is 22.9 Å². The van der Waals surface area contributed by atoms with Gasteiger partial charge in [0, 0.05) is 24.0 Å². The molecule has 30 heavy (non-hydrogen) atoms. The maximum absolute atomic E-state index is 13.1. The molecule has 8 nitrogen and oxygen atoms in total. The highest BCUT2D eigenvalue weighted by molar-refractivity contribution is 7.89. The van der Waals surface area contributed by atoms with E-state index in [2.05, 4.69) is 15.3 Å². The van der Waals surface area contributed by atoms with Crippen LogP contribution in [0.15, 0.2) is 65.7 Å². The Labute approximate surface area is 172 Å². The molecule has 1 atom stereocenters. The third-order valence-corrected chi connectivity index (χ3v) is 6.88. The first kappa shape index (κ1) is 18.3. The first-order valence-corrected chi connectivity index (χ1v) is 10.6. The number of phenolic OH excluding ortho intramolecular Hbond substituents is 1. The quantitative estimate of drug-likeness (QED) is 0.575. The molecule has 0 saturated heterocycles. The highest BCUT2D eigenvalue weighted by Crippen LogP contribution is 2.30. The van der Waals surface area contributed by atoms with E-state index >= 15 is 0 Å². The fourth-order valence-corrected chi connectivity index (χ4v) is 5.04. The van der Waals surface area contributed by atoms with Crippen molar-refractivity contribution in [2.24, 2.45) is 0 Å². The van der Waals surface area contributed by atoms with Gasteiger partial charge in [-0.3, -0.25) is 0 Å². The van der Waals surface area contributed by atoms with Crippen LogP contribution in [0.1, 0.15) is 0 Å². The van der Waals surface area contributed by atoms with Crippen LogP contribution >= 0.6 is 0 Å². The summed E-state index contributed by atoms with van der Waals surface area (Å²) >= 11 is 0. The lowest BCUT2D eigenvalue weighted by atomic mass is 10.2. The van der Waals surface area contributed by atoms with E-state index in [-0.39, 0.29) is 10.6 Å². The van der Waals surface area contributed by atoms with Gasteiger partial charge in [0.1, 0.15) is 28.8 Å².